The second-order valence-corrected chi connectivity index (χ2v) is 6.32. The van der Waals surface area contributed by atoms with E-state index in [2.05, 4.69) is 30.7 Å². The summed E-state index contributed by atoms with van der Waals surface area (Å²) in [6, 6.07) is 0. The Kier molecular flexibility index (Phi) is 4.43. The third kappa shape index (κ3) is 2.48. The average molecular weight is 307 g/mol. The number of rotatable bonds is 4. The van der Waals surface area contributed by atoms with Crippen molar-refractivity contribution in [3.05, 3.63) is 36.0 Å². The van der Waals surface area contributed by atoms with Crippen LogP contribution in [-0.2, 0) is 4.79 Å². The molecule has 0 saturated heterocycles. The van der Waals surface area contributed by atoms with E-state index >= 15 is 0 Å². The van der Waals surface area contributed by atoms with Crippen molar-refractivity contribution in [2.75, 3.05) is 6.54 Å². The van der Waals surface area contributed by atoms with E-state index in [0.717, 1.165) is 24.0 Å². The summed E-state index contributed by atoms with van der Waals surface area (Å²) in [6.07, 6.45) is 7.88. The van der Waals surface area contributed by atoms with Crippen molar-refractivity contribution in [2.45, 2.75) is 45.6 Å². The zero-order valence-corrected chi connectivity index (χ0v) is 13.8. The Morgan fingerprint density at radius 2 is 2.10 bits per heavy atom. The molecule has 3 nitrogen and oxygen atoms in total. The van der Waals surface area contributed by atoms with Crippen LogP contribution >= 0.6 is 11.6 Å². The number of carbonyl (C=O) groups excluding carboxylic acids is 1. The molecule has 0 saturated carbocycles. The first-order valence-electron chi connectivity index (χ1n) is 7.49. The van der Waals surface area contributed by atoms with Crippen LogP contribution in [0.25, 0.3) is 0 Å². The molecule has 1 atom stereocenters. The van der Waals surface area contributed by atoms with Crippen LogP contribution in [0.15, 0.2) is 40.9 Å². The summed E-state index contributed by atoms with van der Waals surface area (Å²) in [5.41, 5.74) is 1.32. The Morgan fingerprint density at radius 1 is 1.43 bits per heavy atom. The Hall–Kier alpha value is -1.35. The summed E-state index contributed by atoms with van der Waals surface area (Å²) in [5.74, 6) is 0.0947. The number of halogens is 1. The smallest absolute Gasteiger partial charge is 0.231 e. The van der Waals surface area contributed by atoms with Gasteiger partial charge < -0.3 is 5.32 Å². The van der Waals surface area contributed by atoms with Gasteiger partial charge in [-0.2, -0.15) is 0 Å². The lowest BCUT2D eigenvalue weighted by atomic mass is 9.65. The summed E-state index contributed by atoms with van der Waals surface area (Å²) >= 11 is 6.08. The van der Waals surface area contributed by atoms with Crippen molar-refractivity contribution in [3.8, 4) is 0 Å². The summed E-state index contributed by atoms with van der Waals surface area (Å²) in [7, 11) is 0. The molecule has 2 aliphatic heterocycles. The molecule has 0 bridgehead atoms. The van der Waals surface area contributed by atoms with Gasteiger partial charge >= 0.3 is 0 Å². The van der Waals surface area contributed by atoms with Crippen LogP contribution in [-0.4, -0.2) is 23.2 Å². The molecular formula is C17H23ClN2O. The second-order valence-electron chi connectivity index (χ2n) is 5.93. The minimum atomic E-state index is -0.481. The van der Waals surface area contributed by atoms with Crippen molar-refractivity contribution >= 4 is 22.7 Å². The first-order chi connectivity index (χ1) is 9.93. The molecule has 0 aromatic carbocycles. The predicted molar refractivity (Wildman–Crippen MR) is 88.7 cm³/mol. The molecule has 0 radical (unpaired) electrons. The lowest BCUT2D eigenvalue weighted by Crippen LogP contribution is -2.58. The number of allylic oxidation sites excluding steroid dienone is 1. The van der Waals surface area contributed by atoms with Gasteiger partial charge in [-0.15, -0.1) is 6.58 Å². The highest BCUT2D eigenvalue weighted by Crippen LogP contribution is 2.45. The van der Waals surface area contributed by atoms with E-state index in [1.807, 2.05) is 25.2 Å². The number of hydrogen-bond donors (Lipinski definition) is 1. The van der Waals surface area contributed by atoms with Crippen LogP contribution in [0.1, 0.15) is 40.0 Å². The Morgan fingerprint density at radius 3 is 2.67 bits per heavy atom. The third-order valence-electron chi connectivity index (χ3n) is 4.86. The van der Waals surface area contributed by atoms with Gasteiger partial charge in [0.1, 0.15) is 5.17 Å². The van der Waals surface area contributed by atoms with Crippen LogP contribution in [0, 0.1) is 5.41 Å². The summed E-state index contributed by atoms with van der Waals surface area (Å²) in [4.78, 5) is 17.2. The fourth-order valence-electron chi connectivity index (χ4n) is 3.49. The number of aliphatic imine (C=N–C) groups is 1. The van der Waals surface area contributed by atoms with Gasteiger partial charge in [0.25, 0.3) is 0 Å². The van der Waals surface area contributed by atoms with E-state index < -0.39 is 11.0 Å². The minimum Gasteiger partial charge on any atom is -0.346 e. The number of carbonyl (C=O) groups is 1. The normalized spacial score (nSPS) is 27.6. The van der Waals surface area contributed by atoms with E-state index in [0.29, 0.717) is 18.1 Å². The zero-order chi connectivity index (χ0) is 15.7. The molecule has 2 aliphatic rings. The minimum absolute atomic E-state index is 0.0947. The van der Waals surface area contributed by atoms with Gasteiger partial charge in [0.2, 0.25) is 5.91 Å². The van der Waals surface area contributed by atoms with E-state index in [4.69, 9.17) is 11.6 Å². The van der Waals surface area contributed by atoms with E-state index in [-0.39, 0.29) is 5.91 Å². The second kappa shape index (κ2) is 5.80. The highest BCUT2D eigenvalue weighted by atomic mass is 35.5. The van der Waals surface area contributed by atoms with Gasteiger partial charge in [-0.3, -0.25) is 9.79 Å². The topological polar surface area (TPSA) is 41.5 Å². The van der Waals surface area contributed by atoms with E-state index in [1.54, 1.807) is 0 Å². The fourth-order valence-corrected chi connectivity index (χ4v) is 3.62. The molecule has 0 spiro atoms. The van der Waals surface area contributed by atoms with Crippen LogP contribution in [0.3, 0.4) is 0 Å². The van der Waals surface area contributed by atoms with Crippen LogP contribution in [0.2, 0.25) is 0 Å². The molecule has 0 fully saturated rings. The molecule has 2 rings (SSSR count). The number of nitrogens with one attached hydrogen (secondary N) is 1. The lowest BCUT2D eigenvalue weighted by molar-refractivity contribution is -0.132. The van der Waals surface area contributed by atoms with Crippen LogP contribution in [0.5, 0.6) is 0 Å². The predicted octanol–water partition coefficient (Wildman–Crippen LogP) is 3.76. The Balaban J connectivity index is 2.68. The van der Waals surface area contributed by atoms with Gasteiger partial charge in [0.15, 0.2) is 0 Å². The summed E-state index contributed by atoms with van der Waals surface area (Å²) in [5, 5.41) is 3.70. The average Bonchev–Trinajstić information content (AvgIpc) is 2.64. The van der Waals surface area contributed by atoms with Crippen molar-refractivity contribution in [1.29, 1.82) is 0 Å². The lowest BCUT2D eigenvalue weighted by Gasteiger charge is -2.46. The first kappa shape index (κ1) is 16.0. The van der Waals surface area contributed by atoms with Gasteiger partial charge in [0.05, 0.1) is 17.5 Å². The maximum Gasteiger partial charge on any atom is 0.231 e. The van der Waals surface area contributed by atoms with Gasteiger partial charge in [-0.25, -0.2) is 0 Å². The quantitative estimate of drug-likeness (QED) is 0.789. The number of amides is 1. The van der Waals surface area contributed by atoms with E-state index in [9.17, 15) is 4.79 Å². The van der Waals surface area contributed by atoms with Crippen molar-refractivity contribution in [2.24, 2.45) is 10.4 Å². The van der Waals surface area contributed by atoms with Crippen LogP contribution < -0.4 is 5.32 Å². The molecule has 0 aliphatic carbocycles. The highest BCUT2D eigenvalue weighted by Gasteiger charge is 2.49. The van der Waals surface area contributed by atoms with Crippen molar-refractivity contribution in [1.82, 2.24) is 5.32 Å². The Labute approximate surface area is 131 Å². The molecule has 2 heterocycles. The zero-order valence-electron chi connectivity index (χ0n) is 13.0. The van der Waals surface area contributed by atoms with E-state index in [1.165, 1.54) is 0 Å². The molecule has 0 aromatic rings. The molecule has 4 heteroatoms. The molecule has 1 N–H and O–H groups in total. The highest BCUT2D eigenvalue weighted by molar-refractivity contribution is 6.68. The number of nitrogens with zero attached hydrogens (tertiary/aromatic N) is 1. The molecule has 21 heavy (non-hydrogen) atoms. The molecule has 1 unspecified atom stereocenters. The third-order valence-corrected chi connectivity index (χ3v) is 5.10. The monoisotopic (exact) mass is 306 g/mol. The first-order valence-corrected chi connectivity index (χ1v) is 7.87. The van der Waals surface area contributed by atoms with Gasteiger partial charge in [-0.1, -0.05) is 37.6 Å². The maximum absolute atomic E-state index is 12.8. The number of hydrogen-bond acceptors (Lipinski definition) is 2. The standard InChI is InChI=1S/C17H23ClN2O/c1-5-10-16(4)12-8-9-14(18)19-11-13(12)17(6-2,7-3)15(21)20-16/h5,8-9H,1,6-7,10-11H2,2-4H3,(H,20,21). The maximum atomic E-state index is 12.8. The van der Waals surface area contributed by atoms with Crippen molar-refractivity contribution in [3.63, 3.8) is 0 Å². The largest absolute Gasteiger partial charge is 0.346 e. The Bertz CT molecular complexity index is 555. The molecule has 0 aromatic heterocycles. The summed E-state index contributed by atoms with van der Waals surface area (Å²) in [6.45, 7) is 10.5. The van der Waals surface area contributed by atoms with Crippen molar-refractivity contribution < 1.29 is 4.79 Å². The molecular weight excluding hydrogens is 284 g/mol. The molecule has 114 valence electrons. The summed E-state index contributed by atoms with van der Waals surface area (Å²) < 4.78 is 0. The fraction of sp³-hybridized carbons (Fsp3) is 0.529. The van der Waals surface area contributed by atoms with Gasteiger partial charge in [-0.05, 0) is 43.4 Å². The van der Waals surface area contributed by atoms with Crippen LogP contribution in [0.4, 0.5) is 0 Å². The SMILES string of the molecule is C=CCC1(C)NC(=O)C(CC)(CC)C2=C1C=CC(Cl)=NC2. The molecule has 1 amide bonds. The van der Waals surface area contributed by atoms with Gasteiger partial charge in [0, 0.05) is 0 Å².